The van der Waals surface area contributed by atoms with Crippen LogP contribution in [0.15, 0.2) is 52.9 Å². The van der Waals surface area contributed by atoms with Gasteiger partial charge in [0.15, 0.2) is 0 Å². The zero-order valence-electron chi connectivity index (χ0n) is 17.7. The van der Waals surface area contributed by atoms with Gasteiger partial charge in [-0.2, -0.15) is 0 Å². The highest BCUT2D eigenvalue weighted by molar-refractivity contribution is 5.73. The van der Waals surface area contributed by atoms with Crippen molar-refractivity contribution in [2.75, 3.05) is 13.7 Å². The Balaban J connectivity index is 1.38. The lowest BCUT2D eigenvalue weighted by molar-refractivity contribution is -0.145. The Kier molecular flexibility index (Phi) is 5.88. The predicted molar refractivity (Wildman–Crippen MR) is 115 cm³/mol. The number of hydrogen-bond acceptors (Lipinski definition) is 5. The van der Waals surface area contributed by atoms with Gasteiger partial charge in [0.25, 0.3) is 0 Å². The molecule has 0 amide bonds. The van der Waals surface area contributed by atoms with Crippen LogP contribution in [-0.4, -0.2) is 24.7 Å². The molecule has 1 unspecified atom stereocenters. The third kappa shape index (κ3) is 4.11. The van der Waals surface area contributed by atoms with Gasteiger partial charge in [-0.15, -0.1) is 0 Å². The summed E-state index contributed by atoms with van der Waals surface area (Å²) in [4.78, 5) is 16.5. The van der Waals surface area contributed by atoms with Crippen molar-refractivity contribution in [1.29, 1.82) is 0 Å². The predicted octanol–water partition coefficient (Wildman–Crippen LogP) is 5.11. The van der Waals surface area contributed by atoms with E-state index in [0.29, 0.717) is 18.9 Å². The molecule has 5 heteroatoms. The summed E-state index contributed by atoms with van der Waals surface area (Å²) in [6.07, 6.45) is 2.61. The molecule has 0 fully saturated rings. The first-order chi connectivity index (χ1) is 14.6. The van der Waals surface area contributed by atoms with E-state index in [-0.39, 0.29) is 17.8 Å². The Morgan fingerprint density at radius 2 is 2.03 bits per heavy atom. The molecule has 156 valence electrons. The molecule has 5 nitrogen and oxygen atoms in total. The van der Waals surface area contributed by atoms with E-state index < -0.39 is 0 Å². The molecular weight excluding hydrogens is 378 g/mol. The van der Waals surface area contributed by atoms with Crippen LogP contribution < -0.4 is 4.74 Å². The number of benzene rings is 2. The van der Waals surface area contributed by atoms with E-state index in [4.69, 9.17) is 13.9 Å². The molecule has 0 spiro atoms. The molecule has 0 aliphatic heterocycles. The second kappa shape index (κ2) is 8.74. The van der Waals surface area contributed by atoms with Crippen molar-refractivity contribution in [2.24, 2.45) is 5.92 Å². The van der Waals surface area contributed by atoms with Crippen LogP contribution in [0.25, 0.3) is 11.5 Å². The Morgan fingerprint density at radius 1 is 1.23 bits per heavy atom. The summed E-state index contributed by atoms with van der Waals surface area (Å²) >= 11 is 0. The molecule has 1 heterocycles. The van der Waals surface area contributed by atoms with Crippen LogP contribution in [0.5, 0.6) is 5.75 Å². The summed E-state index contributed by atoms with van der Waals surface area (Å²) in [7, 11) is 1.45. The topological polar surface area (TPSA) is 61.6 Å². The fourth-order valence-electron chi connectivity index (χ4n) is 4.22. The molecule has 0 N–H and O–H groups in total. The lowest BCUT2D eigenvalue weighted by Gasteiger charge is -2.18. The zero-order valence-corrected chi connectivity index (χ0v) is 17.7. The Hall–Kier alpha value is -3.08. The van der Waals surface area contributed by atoms with Crippen LogP contribution in [0.1, 0.15) is 41.8 Å². The number of hydrogen-bond donors (Lipinski definition) is 0. The molecule has 3 aromatic rings. The van der Waals surface area contributed by atoms with Gasteiger partial charge >= 0.3 is 5.97 Å². The van der Waals surface area contributed by atoms with E-state index in [1.54, 1.807) is 0 Å². The van der Waals surface area contributed by atoms with Crippen LogP contribution in [0, 0.1) is 12.8 Å². The first-order valence-electron chi connectivity index (χ1n) is 10.4. The van der Waals surface area contributed by atoms with E-state index in [9.17, 15) is 4.79 Å². The maximum Gasteiger partial charge on any atom is 0.308 e. The van der Waals surface area contributed by atoms with Crippen LogP contribution in [0.2, 0.25) is 0 Å². The van der Waals surface area contributed by atoms with Gasteiger partial charge in [-0.1, -0.05) is 31.2 Å². The number of esters is 1. The fraction of sp³-hybridized carbons (Fsp3) is 0.360. The molecular formula is C25H27NO4. The highest BCUT2D eigenvalue weighted by Crippen LogP contribution is 2.40. The Bertz CT molecular complexity index is 1020. The van der Waals surface area contributed by atoms with E-state index in [1.807, 2.05) is 50.2 Å². The van der Waals surface area contributed by atoms with E-state index in [0.717, 1.165) is 35.6 Å². The van der Waals surface area contributed by atoms with E-state index in [2.05, 4.69) is 17.1 Å². The van der Waals surface area contributed by atoms with Crippen LogP contribution >= 0.6 is 0 Å². The van der Waals surface area contributed by atoms with E-state index >= 15 is 0 Å². The second-order valence-electron chi connectivity index (χ2n) is 7.80. The maximum atomic E-state index is 11.9. The van der Waals surface area contributed by atoms with E-state index in [1.165, 1.54) is 18.2 Å². The lowest BCUT2D eigenvalue weighted by atomic mass is 9.89. The van der Waals surface area contributed by atoms with Gasteiger partial charge in [-0.25, -0.2) is 4.98 Å². The third-order valence-electron chi connectivity index (χ3n) is 5.94. The van der Waals surface area contributed by atoms with Crippen molar-refractivity contribution in [3.05, 3.63) is 71.1 Å². The van der Waals surface area contributed by atoms with Gasteiger partial charge in [-0.05, 0) is 61.1 Å². The summed E-state index contributed by atoms with van der Waals surface area (Å²) in [5, 5.41) is 0. The fourth-order valence-corrected chi connectivity index (χ4v) is 4.22. The van der Waals surface area contributed by atoms with Crippen molar-refractivity contribution >= 4 is 5.97 Å². The number of ether oxygens (including phenoxy) is 2. The maximum absolute atomic E-state index is 11.9. The summed E-state index contributed by atoms with van der Waals surface area (Å²) < 4.78 is 16.7. The average molecular weight is 405 g/mol. The lowest BCUT2D eigenvalue weighted by Crippen LogP contribution is -2.19. The molecule has 4 rings (SSSR count). The number of carbonyl (C=O) groups is 1. The molecule has 0 radical (unpaired) electrons. The highest BCUT2D eigenvalue weighted by atomic mass is 16.5. The molecule has 0 saturated carbocycles. The number of methoxy groups -OCH3 is 1. The number of carbonyl (C=O) groups excluding carboxylic acids is 1. The zero-order chi connectivity index (χ0) is 21.1. The average Bonchev–Trinajstić information content (AvgIpc) is 3.36. The monoisotopic (exact) mass is 405 g/mol. The number of nitrogens with zero attached hydrogens (tertiary/aromatic N) is 1. The molecule has 2 atom stereocenters. The first-order valence-corrected chi connectivity index (χ1v) is 10.4. The molecule has 30 heavy (non-hydrogen) atoms. The SMILES string of the molecule is COC(=O)[C@H](C)C1CCc2cc(OCCc3nc(-c4ccccc4)oc3C)ccc21. The van der Waals surface area contributed by atoms with Gasteiger partial charge in [0.2, 0.25) is 5.89 Å². The van der Waals surface area contributed by atoms with Crippen molar-refractivity contribution in [1.82, 2.24) is 4.98 Å². The minimum Gasteiger partial charge on any atom is -0.493 e. The van der Waals surface area contributed by atoms with Gasteiger partial charge < -0.3 is 13.9 Å². The molecule has 1 aromatic heterocycles. The van der Waals surface area contributed by atoms with Gasteiger partial charge in [0.05, 0.1) is 25.3 Å². The largest absolute Gasteiger partial charge is 0.493 e. The minimum absolute atomic E-state index is 0.128. The van der Waals surface area contributed by atoms with Crippen LogP contribution in [0.3, 0.4) is 0 Å². The van der Waals surface area contributed by atoms with Crippen LogP contribution in [-0.2, 0) is 22.4 Å². The minimum atomic E-state index is -0.147. The number of aromatic nitrogens is 1. The van der Waals surface area contributed by atoms with Gasteiger partial charge in [0.1, 0.15) is 11.5 Å². The molecule has 0 bridgehead atoms. The van der Waals surface area contributed by atoms with Gasteiger partial charge in [0, 0.05) is 12.0 Å². The van der Waals surface area contributed by atoms with Crippen molar-refractivity contribution in [2.45, 2.75) is 39.0 Å². The standard InChI is InChI=1S/C25H27NO4/c1-16(25(27)28-3)21-11-9-19-15-20(10-12-22(19)21)29-14-13-23-17(2)30-24(26-23)18-7-5-4-6-8-18/h4-8,10,12,15-16,21H,9,11,13-14H2,1-3H3/t16-,21?/m1/s1. The molecule has 0 saturated heterocycles. The van der Waals surface area contributed by atoms with Gasteiger partial charge in [-0.3, -0.25) is 4.79 Å². The molecule has 1 aliphatic carbocycles. The van der Waals surface area contributed by atoms with Crippen LogP contribution in [0.4, 0.5) is 0 Å². The summed E-state index contributed by atoms with van der Waals surface area (Å²) in [6, 6.07) is 16.1. The number of fused-ring (bicyclic) bond motifs is 1. The molecule has 1 aliphatic rings. The Morgan fingerprint density at radius 3 is 2.80 bits per heavy atom. The first kappa shape index (κ1) is 20.2. The normalized spacial score (nSPS) is 16.2. The number of aryl methyl sites for hydroxylation is 2. The second-order valence-corrected chi connectivity index (χ2v) is 7.80. The number of oxazole rings is 1. The molecule has 2 aromatic carbocycles. The summed E-state index contributed by atoms with van der Waals surface area (Å²) in [5.74, 6) is 2.26. The van der Waals surface area contributed by atoms with Crippen molar-refractivity contribution < 1.29 is 18.7 Å². The quantitative estimate of drug-likeness (QED) is 0.511. The highest BCUT2D eigenvalue weighted by Gasteiger charge is 2.32. The number of rotatable bonds is 7. The summed E-state index contributed by atoms with van der Waals surface area (Å²) in [5.41, 5.74) is 4.39. The summed E-state index contributed by atoms with van der Waals surface area (Å²) in [6.45, 7) is 4.41. The Labute approximate surface area is 177 Å². The van der Waals surface area contributed by atoms with Crippen molar-refractivity contribution in [3.8, 4) is 17.2 Å². The van der Waals surface area contributed by atoms with Crippen molar-refractivity contribution in [3.63, 3.8) is 0 Å². The smallest absolute Gasteiger partial charge is 0.308 e. The third-order valence-corrected chi connectivity index (χ3v) is 5.94.